The molecule has 0 heterocycles. The molecule has 1 N–H and O–H groups in total. The van der Waals surface area contributed by atoms with Gasteiger partial charge in [0, 0.05) is 18.7 Å². The zero-order chi connectivity index (χ0) is 26.0. The highest BCUT2D eigenvalue weighted by Gasteiger charge is 2.14. The van der Waals surface area contributed by atoms with Crippen molar-refractivity contribution in [1.29, 1.82) is 0 Å². The Labute approximate surface area is 218 Å². The summed E-state index contributed by atoms with van der Waals surface area (Å²) in [7, 11) is 1.64. The topological polar surface area (TPSA) is 59.0 Å². The minimum atomic E-state index is -0.0631. The summed E-state index contributed by atoms with van der Waals surface area (Å²) in [6.45, 7) is 4.84. The molecule has 0 atom stereocenters. The number of amides is 1. The molecule has 0 unspecified atom stereocenters. The number of ether oxygens (including phenoxy) is 2. The van der Waals surface area contributed by atoms with Crippen LogP contribution in [0.1, 0.15) is 102 Å². The fraction of sp³-hybridized carbons (Fsp3) is 0.581. The highest BCUT2D eigenvalue weighted by Crippen LogP contribution is 2.26. The van der Waals surface area contributed by atoms with Crippen molar-refractivity contribution in [3.05, 3.63) is 53.6 Å². The number of nitrogens with zero attached hydrogens (tertiary/aromatic N) is 1. The van der Waals surface area contributed by atoms with Crippen LogP contribution in [-0.2, 0) is 17.9 Å². The maximum Gasteiger partial charge on any atom is 0.224 e. The SMILES string of the molecule is CCCCCCCCCCCCCCOc1cc(CN(C(C)=O)c2cccc(CO)c2)cc(OC)c1. The summed E-state index contributed by atoms with van der Waals surface area (Å²) in [6, 6.07) is 13.2. The van der Waals surface area contributed by atoms with Gasteiger partial charge in [-0.25, -0.2) is 0 Å². The van der Waals surface area contributed by atoms with Crippen molar-refractivity contribution in [2.24, 2.45) is 0 Å². The molecule has 0 aliphatic heterocycles. The van der Waals surface area contributed by atoms with Crippen LogP contribution in [0.3, 0.4) is 0 Å². The molecule has 2 aromatic rings. The number of aliphatic hydroxyl groups is 1. The third-order valence-electron chi connectivity index (χ3n) is 6.57. The molecule has 0 saturated carbocycles. The molecule has 0 spiro atoms. The van der Waals surface area contributed by atoms with E-state index in [0.29, 0.717) is 18.9 Å². The van der Waals surface area contributed by atoms with E-state index in [1.54, 1.807) is 18.9 Å². The first-order valence-electron chi connectivity index (χ1n) is 13.9. The number of anilines is 1. The quantitative estimate of drug-likeness (QED) is 0.201. The Kier molecular flexibility index (Phi) is 14.7. The summed E-state index contributed by atoms with van der Waals surface area (Å²) in [5.74, 6) is 1.41. The van der Waals surface area contributed by atoms with Crippen LogP contribution in [-0.4, -0.2) is 24.7 Å². The second-order valence-electron chi connectivity index (χ2n) is 9.69. The van der Waals surface area contributed by atoms with E-state index in [-0.39, 0.29) is 12.5 Å². The molecule has 0 aromatic heterocycles. The van der Waals surface area contributed by atoms with Crippen molar-refractivity contribution < 1.29 is 19.4 Å². The minimum absolute atomic E-state index is 0.0597. The zero-order valence-electron chi connectivity index (χ0n) is 22.8. The van der Waals surface area contributed by atoms with E-state index in [1.807, 2.05) is 42.5 Å². The molecule has 36 heavy (non-hydrogen) atoms. The van der Waals surface area contributed by atoms with Gasteiger partial charge in [0.1, 0.15) is 11.5 Å². The van der Waals surface area contributed by atoms with E-state index in [0.717, 1.165) is 29.0 Å². The van der Waals surface area contributed by atoms with Crippen molar-refractivity contribution in [3.8, 4) is 11.5 Å². The standard InChI is InChI=1S/C31H47NO4/c1-4-5-6-7-8-9-10-11-12-13-14-15-19-36-31-22-28(21-30(23-31)35-3)24-32(26(2)34)29-18-16-17-27(20-29)25-33/h16-18,20-23,33H,4-15,19,24-25H2,1-3H3. The normalized spacial score (nSPS) is 10.9. The van der Waals surface area contributed by atoms with Gasteiger partial charge in [0.15, 0.2) is 0 Å². The zero-order valence-corrected chi connectivity index (χ0v) is 22.8. The number of benzene rings is 2. The first kappa shape index (κ1) is 29.7. The summed E-state index contributed by atoms with van der Waals surface area (Å²) >= 11 is 0. The van der Waals surface area contributed by atoms with Gasteiger partial charge >= 0.3 is 0 Å². The van der Waals surface area contributed by atoms with Crippen molar-refractivity contribution >= 4 is 11.6 Å². The lowest BCUT2D eigenvalue weighted by molar-refractivity contribution is -0.116. The third-order valence-corrected chi connectivity index (χ3v) is 6.57. The number of hydrogen-bond acceptors (Lipinski definition) is 4. The lowest BCUT2D eigenvalue weighted by Crippen LogP contribution is -2.27. The Morgan fingerprint density at radius 1 is 0.806 bits per heavy atom. The number of aliphatic hydroxyl groups excluding tert-OH is 1. The summed E-state index contributed by atoms with van der Waals surface area (Å²) in [4.78, 5) is 14.1. The molecule has 0 aliphatic carbocycles. The molecule has 0 aliphatic rings. The summed E-state index contributed by atoms with van der Waals surface area (Å²) in [5.41, 5.74) is 2.47. The van der Waals surface area contributed by atoms with E-state index >= 15 is 0 Å². The molecular weight excluding hydrogens is 450 g/mol. The summed E-state index contributed by atoms with van der Waals surface area (Å²) in [6.07, 6.45) is 15.8. The fourth-order valence-electron chi connectivity index (χ4n) is 4.45. The van der Waals surface area contributed by atoms with Crippen molar-refractivity contribution in [3.63, 3.8) is 0 Å². The third kappa shape index (κ3) is 11.5. The first-order valence-corrected chi connectivity index (χ1v) is 13.9. The van der Waals surface area contributed by atoms with Crippen LogP contribution in [0.4, 0.5) is 5.69 Å². The van der Waals surface area contributed by atoms with Crippen LogP contribution in [0.15, 0.2) is 42.5 Å². The monoisotopic (exact) mass is 497 g/mol. The molecule has 0 saturated heterocycles. The van der Waals surface area contributed by atoms with Crippen molar-refractivity contribution in [1.82, 2.24) is 0 Å². The highest BCUT2D eigenvalue weighted by atomic mass is 16.5. The minimum Gasteiger partial charge on any atom is -0.497 e. The molecule has 0 bridgehead atoms. The number of carbonyl (C=O) groups excluding carboxylic acids is 1. The van der Waals surface area contributed by atoms with Gasteiger partial charge in [-0.3, -0.25) is 4.79 Å². The molecular formula is C31H47NO4. The average Bonchev–Trinajstić information content (AvgIpc) is 2.89. The van der Waals surface area contributed by atoms with Crippen LogP contribution >= 0.6 is 0 Å². The second kappa shape index (κ2) is 17.8. The van der Waals surface area contributed by atoms with Gasteiger partial charge in [0.05, 0.1) is 26.9 Å². The smallest absolute Gasteiger partial charge is 0.224 e. The average molecular weight is 498 g/mol. The Balaban J connectivity index is 1.77. The maximum atomic E-state index is 12.4. The van der Waals surface area contributed by atoms with Gasteiger partial charge in [0.2, 0.25) is 5.91 Å². The fourth-order valence-corrected chi connectivity index (χ4v) is 4.45. The number of unbranched alkanes of at least 4 members (excludes halogenated alkanes) is 11. The van der Waals surface area contributed by atoms with E-state index in [4.69, 9.17) is 9.47 Å². The number of methoxy groups -OCH3 is 1. The molecule has 200 valence electrons. The van der Waals surface area contributed by atoms with Crippen LogP contribution in [0.5, 0.6) is 11.5 Å². The van der Waals surface area contributed by atoms with Crippen LogP contribution in [0.2, 0.25) is 0 Å². The van der Waals surface area contributed by atoms with E-state index in [9.17, 15) is 9.90 Å². The van der Waals surface area contributed by atoms with Gasteiger partial charge in [-0.15, -0.1) is 0 Å². The lowest BCUT2D eigenvalue weighted by atomic mass is 10.1. The van der Waals surface area contributed by atoms with Crippen LogP contribution in [0, 0.1) is 0 Å². The van der Waals surface area contributed by atoms with Crippen molar-refractivity contribution in [2.45, 2.75) is 104 Å². The molecule has 5 heteroatoms. The molecule has 2 rings (SSSR count). The van der Waals surface area contributed by atoms with E-state index in [2.05, 4.69) is 6.92 Å². The Morgan fingerprint density at radius 2 is 1.42 bits per heavy atom. The summed E-state index contributed by atoms with van der Waals surface area (Å²) in [5, 5.41) is 9.46. The molecule has 5 nitrogen and oxygen atoms in total. The van der Waals surface area contributed by atoms with E-state index in [1.165, 1.54) is 70.6 Å². The van der Waals surface area contributed by atoms with Gasteiger partial charge in [0.25, 0.3) is 0 Å². The first-order chi connectivity index (χ1) is 17.6. The number of hydrogen-bond donors (Lipinski definition) is 1. The summed E-state index contributed by atoms with van der Waals surface area (Å²) < 4.78 is 11.5. The Hall–Kier alpha value is -2.53. The largest absolute Gasteiger partial charge is 0.497 e. The predicted octanol–water partition coefficient (Wildman–Crippen LogP) is 7.82. The highest BCUT2D eigenvalue weighted by molar-refractivity contribution is 5.91. The second-order valence-corrected chi connectivity index (χ2v) is 9.69. The molecule has 2 aromatic carbocycles. The predicted molar refractivity (Wildman–Crippen MR) is 149 cm³/mol. The lowest BCUT2D eigenvalue weighted by Gasteiger charge is -2.22. The molecule has 1 amide bonds. The number of carbonyl (C=O) groups is 1. The van der Waals surface area contributed by atoms with Gasteiger partial charge < -0.3 is 19.5 Å². The maximum absolute atomic E-state index is 12.4. The van der Waals surface area contributed by atoms with Gasteiger partial charge in [-0.2, -0.15) is 0 Å². The molecule has 0 radical (unpaired) electrons. The van der Waals surface area contributed by atoms with E-state index < -0.39 is 0 Å². The van der Waals surface area contributed by atoms with Gasteiger partial charge in [-0.05, 0) is 41.8 Å². The van der Waals surface area contributed by atoms with Gasteiger partial charge in [-0.1, -0.05) is 89.7 Å². The van der Waals surface area contributed by atoms with Crippen molar-refractivity contribution in [2.75, 3.05) is 18.6 Å². The number of rotatable bonds is 19. The van der Waals surface area contributed by atoms with Crippen LogP contribution < -0.4 is 14.4 Å². The van der Waals surface area contributed by atoms with Crippen LogP contribution in [0.25, 0.3) is 0 Å². The Bertz CT molecular complexity index is 883. The Morgan fingerprint density at radius 3 is 2.00 bits per heavy atom. The molecule has 0 fully saturated rings.